The highest BCUT2D eigenvalue weighted by Crippen LogP contribution is 2.15. The zero-order chi connectivity index (χ0) is 10.3. The number of anilines is 1. The van der Waals surface area contributed by atoms with Crippen LogP contribution in [-0.4, -0.2) is 0 Å². The van der Waals surface area contributed by atoms with Crippen LogP contribution in [-0.2, 0) is 0 Å². The van der Waals surface area contributed by atoms with E-state index in [2.05, 4.69) is 43.9 Å². The Kier molecular flexibility index (Phi) is 5.69. The lowest BCUT2D eigenvalue weighted by molar-refractivity contribution is 1.37. The summed E-state index contributed by atoms with van der Waals surface area (Å²) in [5.74, 6) is 0. The van der Waals surface area contributed by atoms with E-state index in [4.69, 9.17) is 0 Å². The second-order valence-corrected chi connectivity index (χ2v) is 2.67. The molecular formula is C12H19N. The zero-order valence-corrected chi connectivity index (χ0v) is 9.02. The monoisotopic (exact) mass is 177 g/mol. The van der Waals surface area contributed by atoms with Crippen molar-refractivity contribution in [2.45, 2.75) is 27.7 Å². The Hall–Kier alpha value is -1.24. The molecule has 72 valence electrons. The number of hydrogen-bond acceptors (Lipinski definition) is 1. The summed E-state index contributed by atoms with van der Waals surface area (Å²) in [6.45, 7) is 11.8. The van der Waals surface area contributed by atoms with Crippen molar-refractivity contribution >= 4 is 5.69 Å². The summed E-state index contributed by atoms with van der Waals surface area (Å²) < 4.78 is 0. The van der Waals surface area contributed by atoms with Crippen molar-refractivity contribution < 1.29 is 0 Å². The van der Waals surface area contributed by atoms with Crippen LogP contribution in [0.1, 0.15) is 25.0 Å². The van der Waals surface area contributed by atoms with Crippen LogP contribution in [0.2, 0.25) is 0 Å². The molecule has 1 rings (SSSR count). The number of aryl methyl sites for hydroxylation is 2. The molecule has 13 heavy (non-hydrogen) atoms. The molecule has 0 atom stereocenters. The Morgan fingerprint density at radius 3 is 2.31 bits per heavy atom. The minimum atomic E-state index is 1.13. The molecule has 1 heteroatoms. The third-order valence-electron chi connectivity index (χ3n) is 1.64. The van der Waals surface area contributed by atoms with Gasteiger partial charge in [-0.15, -0.1) is 0 Å². The van der Waals surface area contributed by atoms with E-state index in [0.717, 1.165) is 5.69 Å². The quantitative estimate of drug-likeness (QED) is 0.722. The zero-order valence-electron chi connectivity index (χ0n) is 9.02. The van der Waals surface area contributed by atoms with Gasteiger partial charge in [0, 0.05) is 5.69 Å². The molecule has 0 saturated carbocycles. The highest BCUT2D eigenvalue weighted by Gasteiger charge is 1.93. The Labute approximate surface area is 81.5 Å². The molecule has 0 fully saturated rings. The van der Waals surface area contributed by atoms with Crippen molar-refractivity contribution in [3.63, 3.8) is 0 Å². The molecule has 0 aromatic heterocycles. The first-order valence-corrected chi connectivity index (χ1v) is 4.68. The molecule has 0 aliphatic carbocycles. The SMILES string of the molecule is C=CNc1ccc(C)cc1C.CC. The predicted octanol–water partition coefficient (Wildman–Crippen LogP) is 3.89. The van der Waals surface area contributed by atoms with Gasteiger partial charge < -0.3 is 5.32 Å². The summed E-state index contributed by atoms with van der Waals surface area (Å²) in [4.78, 5) is 0. The van der Waals surface area contributed by atoms with Crippen LogP contribution in [0.15, 0.2) is 31.0 Å². The standard InChI is InChI=1S/C10H13N.C2H6/c1-4-11-10-6-5-8(2)7-9(10)3;1-2/h4-7,11H,1H2,2-3H3;1-2H3. The van der Waals surface area contributed by atoms with Crippen molar-refractivity contribution in [3.8, 4) is 0 Å². The molecule has 1 aromatic rings. The first-order valence-electron chi connectivity index (χ1n) is 4.68. The van der Waals surface area contributed by atoms with E-state index in [1.807, 2.05) is 13.8 Å². The first kappa shape index (κ1) is 11.8. The van der Waals surface area contributed by atoms with Crippen LogP contribution in [0, 0.1) is 13.8 Å². The van der Waals surface area contributed by atoms with E-state index in [1.165, 1.54) is 11.1 Å². The Morgan fingerprint density at radius 1 is 1.23 bits per heavy atom. The molecule has 0 aliphatic rings. The van der Waals surface area contributed by atoms with Crippen LogP contribution < -0.4 is 5.32 Å². The van der Waals surface area contributed by atoms with Gasteiger partial charge in [0.05, 0.1) is 0 Å². The molecule has 0 spiro atoms. The lowest BCUT2D eigenvalue weighted by atomic mass is 10.1. The van der Waals surface area contributed by atoms with Crippen LogP contribution in [0.4, 0.5) is 5.69 Å². The fourth-order valence-electron chi connectivity index (χ4n) is 1.09. The average Bonchev–Trinajstić information content (AvgIpc) is 2.14. The normalized spacial score (nSPS) is 8.31. The van der Waals surface area contributed by atoms with Gasteiger partial charge in [0.1, 0.15) is 0 Å². The fraction of sp³-hybridized carbons (Fsp3) is 0.333. The second kappa shape index (κ2) is 6.30. The van der Waals surface area contributed by atoms with Gasteiger partial charge in [-0.1, -0.05) is 38.1 Å². The summed E-state index contributed by atoms with van der Waals surface area (Å²) in [7, 11) is 0. The van der Waals surface area contributed by atoms with Crippen LogP contribution >= 0.6 is 0 Å². The molecule has 0 aliphatic heterocycles. The van der Waals surface area contributed by atoms with Gasteiger partial charge in [0.2, 0.25) is 0 Å². The Morgan fingerprint density at radius 2 is 1.85 bits per heavy atom. The number of rotatable bonds is 2. The Bertz CT molecular complexity index is 264. The van der Waals surface area contributed by atoms with E-state index in [1.54, 1.807) is 6.20 Å². The fourth-order valence-corrected chi connectivity index (χ4v) is 1.09. The maximum atomic E-state index is 3.61. The molecule has 0 heterocycles. The summed E-state index contributed by atoms with van der Waals surface area (Å²) >= 11 is 0. The van der Waals surface area contributed by atoms with E-state index in [9.17, 15) is 0 Å². The maximum absolute atomic E-state index is 3.61. The molecule has 0 bridgehead atoms. The second-order valence-electron chi connectivity index (χ2n) is 2.67. The lowest BCUT2D eigenvalue weighted by Gasteiger charge is -2.04. The van der Waals surface area contributed by atoms with Crippen molar-refractivity contribution in [3.05, 3.63) is 42.1 Å². The van der Waals surface area contributed by atoms with Crippen molar-refractivity contribution in [1.29, 1.82) is 0 Å². The molecule has 0 radical (unpaired) electrons. The van der Waals surface area contributed by atoms with Gasteiger partial charge in [-0.05, 0) is 31.7 Å². The van der Waals surface area contributed by atoms with Crippen molar-refractivity contribution in [2.75, 3.05) is 5.32 Å². The van der Waals surface area contributed by atoms with Crippen LogP contribution in [0.5, 0.6) is 0 Å². The van der Waals surface area contributed by atoms with Gasteiger partial charge in [-0.3, -0.25) is 0 Å². The third kappa shape index (κ3) is 3.79. The largest absolute Gasteiger partial charge is 0.362 e. The molecule has 1 N–H and O–H groups in total. The number of nitrogens with one attached hydrogen (secondary N) is 1. The number of hydrogen-bond donors (Lipinski definition) is 1. The molecule has 0 amide bonds. The topological polar surface area (TPSA) is 12.0 Å². The maximum Gasteiger partial charge on any atom is 0.0409 e. The van der Waals surface area contributed by atoms with Gasteiger partial charge in [-0.25, -0.2) is 0 Å². The highest BCUT2D eigenvalue weighted by molar-refractivity contribution is 5.53. The van der Waals surface area contributed by atoms with Crippen molar-refractivity contribution in [1.82, 2.24) is 0 Å². The van der Waals surface area contributed by atoms with Gasteiger partial charge in [0.15, 0.2) is 0 Å². The molecular weight excluding hydrogens is 158 g/mol. The molecule has 1 aromatic carbocycles. The highest BCUT2D eigenvalue weighted by atomic mass is 14.8. The van der Waals surface area contributed by atoms with Crippen molar-refractivity contribution in [2.24, 2.45) is 0 Å². The lowest BCUT2D eigenvalue weighted by Crippen LogP contribution is -1.89. The Balaban J connectivity index is 0.000000671. The average molecular weight is 177 g/mol. The number of benzene rings is 1. The minimum Gasteiger partial charge on any atom is -0.362 e. The summed E-state index contributed by atoms with van der Waals surface area (Å²) in [6, 6.07) is 6.29. The summed E-state index contributed by atoms with van der Waals surface area (Å²) in [5.41, 5.74) is 3.67. The van der Waals surface area contributed by atoms with E-state index < -0.39 is 0 Å². The molecule has 1 nitrogen and oxygen atoms in total. The summed E-state index contributed by atoms with van der Waals surface area (Å²) in [5, 5.41) is 3.07. The third-order valence-corrected chi connectivity index (χ3v) is 1.64. The first-order chi connectivity index (χ1) is 6.24. The predicted molar refractivity (Wildman–Crippen MR) is 61.1 cm³/mol. The summed E-state index contributed by atoms with van der Waals surface area (Å²) in [6.07, 6.45) is 1.69. The van der Waals surface area contributed by atoms with Crippen LogP contribution in [0.3, 0.4) is 0 Å². The van der Waals surface area contributed by atoms with E-state index >= 15 is 0 Å². The molecule has 0 saturated heterocycles. The molecule has 0 unspecified atom stereocenters. The van der Waals surface area contributed by atoms with Gasteiger partial charge in [0.25, 0.3) is 0 Å². The van der Waals surface area contributed by atoms with E-state index in [-0.39, 0.29) is 0 Å². The minimum absolute atomic E-state index is 1.13. The van der Waals surface area contributed by atoms with E-state index in [0.29, 0.717) is 0 Å². The van der Waals surface area contributed by atoms with Crippen LogP contribution in [0.25, 0.3) is 0 Å². The smallest absolute Gasteiger partial charge is 0.0409 e. The van der Waals surface area contributed by atoms with Gasteiger partial charge in [-0.2, -0.15) is 0 Å². The van der Waals surface area contributed by atoms with Gasteiger partial charge >= 0.3 is 0 Å².